The van der Waals surface area contributed by atoms with E-state index in [1.54, 1.807) is 4.90 Å². The van der Waals surface area contributed by atoms with E-state index in [0.29, 0.717) is 24.6 Å². The SMILES string of the molecule is CC(C)c1noc(CCC(=O)N2CCCCC2CO)n1. The number of amides is 1. The molecule has 0 aliphatic carbocycles. The van der Waals surface area contributed by atoms with Gasteiger partial charge in [-0.3, -0.25) is 4.79 Å². The van der Waals surface area contributed by atoms with Gasteiger partial charge in [-0.05, 0) is 19.3 Å². The molecule has 2 rings (SSSR count). The molecule has 1 saturated heterocycles. The first-order valence-electron chi connectivity index (χ1n) is 7.34. The molecule has 0 bridgehead atoms. The highest BCUT2D eigenvalue weighted by Gasteiger charge is 2.26. The Morgan fingerprint density at radius 1 is 1.50 bits per heavy atom. The van der Waals surface area contributed by atoms with E-state index in [1.165, 1.54) is 0 Å². The van der Waals surface area contributed by atoms with Gasteiger partial charge in [0.1, 0.15) is 0 Å². The molecular formula is C14H23N3O3. The average molecular weight is 281 g/mol. The van der Waals surface area contributed by atoms with Crippen LogP contribution in [-0.2, 0) is 11.2 Å². The van der Waals surface area contributed by atoms with Gasteiger partial charge in [-0.2, -0.15) is 4.98 Å². The highest BCUT2D eigenvalue weighted by atomic mass is 16.5. The molecule has 1 aromatic heterocycles. The Bertz CT molecular complexity index is 445. The quantitative estimate of drug-likeness (QED) is 0.884. The number of aryl methyl sites for hydroxylation is 1. The standard InChI is InChI=1S/C14H23N3O3/c1-10(2)14-15-12(20-16-14)6-7-13(19)17-8-4-3-5-11(17)9-18/h10-11,18H,3-9H2,1-2H3. The zero-order chi connectivity index (χ0) is 14.5. The lowest BCUT2D eigenvalue weighted by Gasteiger charge is -2.34. The van der Waals surface area contributed by atoms with Gasteiger partial charge in [-0.1, -0.05) is 19.0 Å². The average Bonchev–Trinajstić information content (AvgIpc) is 2.94. The summed E-state index contributed by atoms with van der Waals surface area (Å²) in [5.41, 5.74) is 0. The molecule has 1 aromatic rings. The number of aliphatic hydroxyl groups excluding tert-OH is 1. The predicted octanol–water partition coefficient (Wildman–Crippen LogP) is 1.50. The minimum absolute atomic E-state index is 0.0230. The van der Waals surface area contributed by atoms with Crippen LogP contribution in [0.25, 0.3) is 0 Å². The van der Waals surface area contributed by atoms with Gasteiger partial charge in [0.2, 0.25) is 11.8 Å². The van der Waals surface area contributed by atoms with Gasteiger partial charge in [-0.15, -0.1) is 0 Å². The van der Waals surface area contributed by atoms with Crippen LogP contribution in [-0.4, -0.2) is 45.2 Å². The van der Waals surface area contributed by atoms with Gasteiger partial charge in [0.05, 0.1) is 12.6 Å². The Hall–Kier alpha value is -1.43. The third kappa shape index (κ3) is 3.56. The summed E-state index contributed by atoms with van der Waals surface area (Å²) in [6.07, 6.45) is 3.81. The van der Waals surface area contributed by atoms with Crippen molar-refractivity contribution in [2.75, 3.05) is 13.2 Å². The topological polar surface area (TPSA) is 79.5 Å². The van der Waals surface area contributed by atoms with E-state index < -0.39 is 0 Å². The Balaban J connectivity index is 1.87. The van der Waals surface area contributed by atoms with Gasteiger partial charge >= 0.3 is 0 Å². The molecule has 112 valence electrons. The van der Waals surface area contributed by atoms with Gasteiger partial charge in [0, 0.05) is 25.3 Å². The van der Waals surface area contributed by atoms with Crippen molar-refractivity contribution < 1.29 is 14.4 Å². The molecule has 1 atom stereocenters. The number of hydrogen-bond donors (Lipinski definition) is 1. The fraction of sp³-hybridized carbons (Fsp3) is 0.786. The first-order valence-corrected chi connectivity index (χ1v) is 7.34. The van der Waals surface area contributed by atoms with Crippen LogP contribution in [0.5, 0.6) is 0 Å². The molecule has 20 heavy (non-hydrogen) atoms. The molecule has 1 aliphatic rings. The maximum absolute atomic E-state index is 12.2. The summed E-state index contributed by atoms with van der Waals surface area (Å²) in [5, 5.41) is 13.2. The van der Waals surface area contributed by atoms with E-state index in [9.17, 15) is 9.90 Å². The van der Waals surface area contributed by atoms with E-state index in [2.05, 4.69) is 10.1 Å². The number of likely N-dealkylation sites (tertiary alicyclic amines) is 1. The molecule has 0 radical (unpaired) electrons. The maximum atomic E-state index is 12.2. The number of carbonyl (C=O) groups is 1. The smallest absolute Gasteiger partial charge is 0.227 e. The van der Waals surface area contributed by atoms with Crippen LogP contribution in [0, 0.1) is 0 Å². The van der Waals surface area contributed by atoms with Crippen LogP contribution in [0.1, 0.15) is 57.2 Å². The summed E-state index contributed by atoms with van der Waals surface area (Å²) >= 11 is 0. The van der Waals surface area contributed by atoms with Gasteiger partial charge in [0.15, 0.2) is 5.82 Å². The lowest BCUT2D eigenvalue weighted by atomic mass is 10.0. The summed E-state index contributed by atoms with van der Waals surface area (Å²) in [7, 11) is 0. The highest BCUT2D eigenvalue weighted by molar-refractivity contribution is 5.76. The zero-order valence-corrected chi connectivity index (χ0v) is 12.2. The molecular weight excluding hydrogens is 258 g/mol. The Kier molecular flexibility index (Phi) is 5.11. The van der Waals surface area contributed by atoms with Crippen molar-refractivity contribution in [1.82, 2.24) is 15.0 Å². The molecule has 0 spiro atoms. The van der Waals surface area contributed by atoms with Crippen LogP contribution in [0.2, 0.25) is 0 Å². The van der Waals surface area contributed by atoms with Crippen LogP contribution in [0.15, 0.2) is 4.52 Å². The fourth-order valence-corrected chi connectivity index (χ4v) is 2.48. The lowest BCUT2D eigenvalue weighted by Crippen LogP contribution is -2.45. The first kappa shape index (κ1) is 15.0. The zero-order valence-electron chi connectivity index (χ0n) is 12.2. The van der Waals surface area contributed by atoms with E-state index in [0.717, 1.165) is 25.8 Å². The number of aliphatic hydroxyl groups is 1. The fourth-order valence-electron chi connectivity index (χ4n) is 2.48. The molecule has 1 N–H and O–H groups in total. The summed E-state index contributed by atoms with van der Waals surface area (Å²) in [6, 6.07) is -0.0230. The van der Waals surface area contributed by atoms with Crippen LogP contribution in [0.3, 0.4) is 0 Å². The van der Waals surface area contributed by atoms with Crippen molar-refractivity contribution in [2.24, 2.45) is 0 Å². The van der Waals surface area contributed by atoms with Crippen molar-refractivity contribution in [3.05, 3.63) is 11.7 Å². The molecule has 1 unspecified atom stereocenters. The Morgan fingerprint density at radius 3 is 2.95 bits per heavy atom. The van der Waals surface area contributed by atoms with E-state index in [1.807, 2.05) is 13.8 Å². The molecule has 1 fully saturated rings. The number of carbonyl (C=O) groups excluding carboxylic acids is 1. The highest BCUT2D eigenvalue weighted by Crippen LogP contribution is 2.18. The summed E-state index contributed by atoms with van der Waals surface area (Å²) < 4.78 is 5.14. The second kappa shape index (κ2) is 6.83. The number of aromatic nitrogens is 2. The second-order valence-electron chi connectivity index (χ2n) is 5.62. The van der Waals surface area contributed by atoms with Crippen molar-refractivity contribution in [2.45, 2.75) is 57.9 Å². The van der Waals surface area contributed by atoms with E-state index in [4.69, 9.17) is 4.52 Å². The molecule has 0 saturated carbocycles. The van der Waals surface area contributed by atoms with Gasteiger partial charge in [-0.25, -0.2) is 0 Å². The molecule has 6 nitrogen and oxygen atoms in total. The maximum Gasteiger partial charge on any atom is 0.227 e. The number of piperidine rings is 1. The van der Waals surface area contributed by atoms with Gasteiger partial charge < -0.3 is 14.5 Å². The third-order valence-corrected chi connectivity index (χ3v) is 3.71. The third-order valence-electron chi connectivity index (χ3n) is 3.71. The van der Waals surface area contributed by atoms with Gasteiger partial charge in [0.25, 0.3) is 0 Å². The normalized spacial score (nSPS) is 19.6. The summed E-state index contributed by atoms with van der Waals surface area (Å²) in [4.78, 5) is 18.3. The Labute approximate surface area is 119 Å². The largest absolute Gasteiger partial charge is 0.394 e. The lowest BCUT2D eigenvalue weighted by molar-refractivity contribution is -0.136. The van der Waals surface area contributed by atoms with Crippen LogP contribution < -0.4 is 0 Å². The first-order chi connectivity index (χ1) is 9.61. The molecule has 1 amide bonds. The van der Waals surface area contributed by atoms with E-state index >= 15 is 0 Å². The number of hydrogen-bond acceptors (Lipinski definition) is 5. The molecule has 0 aromatic carbocycles. The van der Waals surface area contributed by atoms with Crippen molar-refractivity contribution >= 4 is 5.91 Å². The summed E-state index contributed by atoms with van der Waals surface area (Å²) in [6.45, 7) is 4.79. The minimum atomic E-state index is -0.0230. The number of rotatable bonds is 5. The van der Waals surface area contributed by atoms with Crippen LogP contribution >= 0.6 is 0 Å². The monoisotopic (exact) mass is 281 g/mol. The molecule has 2 heterocycles. The molecule has 6 heteroatoms. The second-order valence-corrected chi connectivity index (χ2v) is 5.62. The number of nitrogens with zero attached hydrogens (tertiary/aromatic N) is 3. The van der Waals surface area contributed by atoms with Crippen LogP contribution in [0.4, 0.5) is 0 Å². The molecule has 1 aliphatic heterocycles. The minimum Gasteiger partial charge on any atom is -0.394 e. The van der Waals surface area contributed by atoms with Crippen molar-refractivity contribution in [3.63, 3.8) is 0 Å². The van der Waals surface area contributed by atoms with Crippen molar-refractivity contribution in [1.29, 1.82) is 0 Å². The Morgan fingerprint density at radius 2 is 2.30 bits per heavy atom. The van der Waals surface area contributed by atoms with Crippen molar-refractivity contribution in [3.8, 4) is 0 Å². The van der Waals surface area contributed by atoms with E-state index in [-0.39, 0.29) is 24.5 Å². The summed E-state index contributed by atoms with van der Waals surface area (Å²) in [5.74, 6) is 1.48. The predicted molar refractivity (Wildman–Crippen MR) is 73.1 cm³/mol.